The van der Waals surface area contributed by atoms with Gasteiger partial charge in [0.1, 0.15) is 12.4 Å². The molecule has 6 heteroatoms. The van der Waals surface area contributed by atoms with Crippen molar-refractivity contribution < 1.29 is 9.15 Å². The van der Waals surface area contributed by atoms with Crippen molar-refractivity contribution in [3.05, 3.63) is 99.3 Å². The Morgan fingerprint density at radius 2 is 1.71 bits per heavy atom. The molecule has 1 aromatic heterocycles. The maximum atomic E-state index is 5.92. The summed E-state index contributed by atoms with van der Waals surface area (Å²) in [4.78, 5) is 0. The first-order chi connectivity index (χ1) is 13.7. The van der Waals surface area contributed by atoms with Gasteiger partial charge in [0.15, 0.2) is 0 Å². The molecular weight excluding hydrogens is 440 g/mol. The Labute approximate surface area is 176 Å². The van der Waals surface area contributed by atoms with Gasteiger partial charge in [-0.15, -0.1) is 10.2 Å². The molecule has 0 unspecified atom stereocenters. The molecular formula is C22H16BrClN2O2. The minimum absolute atomic E-state index is 0.447. The Morgan fingerprint density at radius 1 is 0.893 bits per heavy atom. The Morgan fingerprint density at radius 3 is 2.54 bits per heavy atom. The van der Waals surface area contributed by atoms with Gasteiger partial charge in [-0.05, 0) is 63.5 Å². The number of aromatic nitrogens is 2. The van der Waals surface area contributed by atoms with Gasteiger partial charge in [-0.25, -0.2) is 0 Å². The second kappa shape index (κ2) is 8.59. The Bertz CT molecular complexity index is 1080. The number of para-hydroxylation sites is 1. The van der Waals surface area contributed by atoms with Crippen molar-refractivity contribution in [3.8, 4) is 17.2 Å². The monoisotopic (exact) mass is 454 g/mol. The van der Waals surface area contributed by atoms with E-state index in [1.165, 1.54) is 0 Å². The average molecular weight is 456 g/mol. The number of hydrogen-bond donors (Lipinski definition) is 0. The number of nitrogens with zero attached hydrogens (tertiary/aromatic N) is 2. The summed E-state index contributed by atoms with van der Waals surface area (Å²) in [5.74, 6) is 1.86. The molecule has 0 bridgehead atoms. The van der Waals surface area contributed by atoms with Crippen molar-refractivity contribution in [3.63, 3.8) is 0 Å². The van der Waals surface area contributed by atoms with E-state index in [-0.39, 0.29) is 0 Å². The quantitative estimate of drug-likeness (QED) is 0.341. The lowest BCUT2D eigenvalue weighted by Gasteiger charge is -2.08. The molecule has 0 amide bonds. The van der Waals surface area contributed by atoms with Crippen LogP contribution in [0, 0.1) is 0 Å². The fourth-order valence-electron chi connectivity index (χ4n) is 2.74. The van der Waals surface area contributed by atoms with Gasteiger partial charge < -0.3 is 9.15 Å². The van der Waals surface area contributed by atoms with Crippen molar-refractivity contribution in [1.29, 1.82) is 0 Å². The molecule has 1 heterocycles. The summed E-state index contributed by atoms with van der Waals surface area (Å²) in [6.45, 7) is 0.447. The van der Waals surface area contributed by atoms with Crippen LogP contribution in [0.4, 0.5) is 0 Å². The highest BCUT2D eigenvalue weighted by Crippen LogP contribution is 2.26. The molecule has 0 saturated carbocycles. The average Bonchev–Trinajstić information content (AvgIpc) is 3.18. The lowest BCUT2D eigenvalue weighted by atomic mass is 10.1. The number of benzene rings is 3. The molecule has 4 aromatic rings. The van der Waals surface area contributed by atoms with Gasteiger partial charge in [0.2, 0.25) is 11.8 Å². The zero-order chi connectivity index (χ0) is 19.3. The van der Waals surface area contributed by atoms with Gasteiger partial charge in [0, 0.05) is 10.6 Å². The summed E-state index contributed by atoms with van der Waals surface area (Å²) in [6.07, 6.45) is 0.564. The van der Waals surface area contributed by atoms with Crippen LogP contribution in [0.1, 0.15) is 17.0 Å². The molecule has 28 heavy (non-hydrogen) atoms. The number of ether oxygens (including phenoxy) is 1. The van der Waals surface area contributed by atoms with E-state index in [4.69, 9.17) is 20.8 Å². The molecule has 0 fully saturated rings. The highest BCUT2D eigenvalue weighted by Gasteiger charge is 2.10. The standard InChI is InChI=1S/C22H16BrClN2O2/c23-19-6-1-2-7-20(19)27-14-16-4-3-5-17(12-16)22-26-25-21(28-22)13-15-8-10-18(24)11-9-15/h1-12H,13-14H2. The third kappa shape index (κ3) is 4.61. The van der Waals surface area contributed by atoms with Crippen LogP contribution in [-0.4, -0.2) is 10.2 Å². The molecule has 0 atom stereocenters. The molecule has 3 aromatic carbocycles. The van der Waals surface area contributed by atoms with E-state index in [2.05, 4.69) is 26.1 Å². The highest BCUT2D eigenvalue weighted by atomic mass is 79.9. The summed E-state index contributed by atoms with van der Waals surface area (Å²) in [5, 5.41) is 9.05. The first kappa shape index (κ1) is 18.7. The molecule has 0 aliphatic heterocycles. The molecule has 0 aliphatic rings. The number of hydrogen-bond acceptors (Lipinski definition) is 4. The smallest absolute Gasteiger partial charge is 0.247 e. The van der Waals surface area contributed by atoms with E-state index in [0.29, 0.717) is 29.8 Å². The SMILES string of the molecule is Clc1ccc(Cc2nnc(-c3cccc(COc4ccccc4Br)c3)o2)cc1. The Hall–Kier alpha value is -2.63. The van der Waals surface area contributed by atoms with Crippen LogP contribution < -0.4 is 4.74 Å². The van der Waals surface area contributed by atoms with E-state index < -0.39 is 0 Å². The fraction of sp³-hybridized carbons (Fsp3) is 0.0909. The van der Waals surface area contributed by atoms with Crippen molar-refractivity contribution in [2.45, 2.75) is 13.0 Å². The molecule has 0 radical (unpaired) electrons. The van der Waals surface area contributed by atoms with Gasteiger partial charge >= 0.3 is 0 Å². The molecule has 4 rings (SSSR count). The Balaban J connectivity index is 1.46. The molecule has 0 saturated heterocycles. The van der Waals surface area contributed by atoms with Crippen molar-refractivity contribution in [2.24, 2.45) is 0 Å². The zero-order valence-corrected chi connectivity index (χ0v) is 17.2. The van der Waals surface area contributed by atoms with Crippen LogP contribution in [-0.2, 0) is 13.0 Å². The second-order valence-corrected chi connectivity index (χ2v) is 7.51. The topological polar surface area (TPSA) is 48.2 Å². The minimum atomic E-state index is 0.447. The zero-order valence-electron chi connectivity index (χ0n) is 14.8. The van der Waals surface area contributed by atoms with E-state index in [1.807, 2.05) is 72.8 Å². The minimum Gasteiger partial charge on any atom is -0.488 e. The lowest BCUT2D eigenvalue weighted by Crippen LogP contribution is -1.96. The third-order valence-electron chi connectivity index (χ3n) is 4.14. The maximum absolute atomic E-state index is 5.92. The normalized spacial score (nSPS) is 10.8. The Kier molecular flexibility index (Phi) is 5.74. The molecule has 140 valence electrons. The van der Waals surface area contributed by atoms with E-state index in [1.54, 1.807) is 0 Å². The predicted molar refractivity (Wildman–Crippen MR) is 112 cm³/mol. The lowest BCUT2D eigenvalue weighted by molar-refractivity contribution is 0.304. The summed E-state index contributed by atoms with van der Waals surface area (Å²) < 4.78 is 12.6. The second-order valence-electron chi connectivity index (χ2n) is 6.22. The first-order valence-electron chi connectivity index (χ1n) is 8.71. The molecule has 0 aliphatic carbocycles. The van der Waals surface area contributed by atoms with Crippen LogP contribution in [0.3, 0.4) is 0 Å². The van der Waals surface area contributed by atoms with Crippen LogP contribution in [0.25, 0.3) is 11.5 Å². The molecule has 0 N–H and O–H groups in total. The summed E-state index contributed by atoms with van der Waals surface area (Å²) in [6, 6.07) is 23.3. The van der Waals surface area contributed by atoms with Crippen LogP contribution >= 0.6 is 27.5 Å². The van der Waals surface area contributed by atoms with E-state index in [0.717, 1.165) is 26.9 Å². The number of rotatable bonds is 6. The first-order valence-corrected chi connectivity index (χ1v) is 9.88. The van der Waals surface area contributed by atoms with Crippen molar-refractivity contribution in [1.82, 2.24) is 10.2 Å². The van der Waals surface area contributed by atoms with Gasteiger partial charge in [-0.1, -0.05) is 48.0 Å². The summed E-state index contributed by atoms with van der Waals surface area (Å²) in [5.41, 5.74) is 2.95. The summed E-state index contributed by atoms with van der Waals surface area (Å²) >= 11 is 9.41. The van der Waals surface area contributed by atoms with E-state index in [9.17, 15) is 0 Å². The van der Waals surface area contributed by atoms with E-state index >= 15 is 0 Å². The third-order valence-corrected chi connectivity index (χ3v) is 5.05. The molecule has 4 nitrogen and oxygen atoms in total. The highest BCUT2D eigenvalue weighted by molar-refractivity contribution is 9.10. The van der Waals surface area contributed by atoms with Crippen molar-refractivity contribution in [2.75, 3.05) is 0 Å². The van der Waals surface area contributed by atoms with Gasteiger partial charge in [-0.2, -0.15) is 0 Å². The fourth-order valence-corrected chi connectivity index (χ4v) is 3.26. The van der Waals surface area contributed by atoms with Crippen LogP contribution in [0.2, 0.25) is 5.02 Å². The molecule has 0 spiro atoms. The number of halogens is 2. The summed E-state index contributed by atoms with van der Waals surface area (Å²) in [7, 11) is 0. The maximum Gasteiger partial charge on any atom is 0.247 e. The van der Waals surface area contributed by atoms with Crippen LogP contribution in [0.15, 0.2) is 81.7 Å². The van der Waals surface area contributed by atoms with Crippen LogP contribution in [0.5, 0.6) is 5.75 Å². The van der Waals surface area contributed by atoms with Gasteiger partial charge in [0.05, 0.1) is 10.9 Å². The largest absolute Gasteiger partial charge is 0.488 e. The van der Waals surface area contributed by atoms with Gasteiger partial charge in [0.25, 0.3) is 0 Å². The van der Waals surface area contributed by atoms with Crippen molar-refractivity contribution >= 4 is 27.5 Å². The predicted octanol–water partition coefficient (Wildman–Crippen LogP) is 6.32. The van der Waals surface area contributed by atoms with Gasteiger partial charge in [-0.3, -0.25) is 0 Å².